The third-order valence-corrected chi connectivity index (χ3v) is 5.36. The van der Waals surface area contributed by atoms with Crippen LogP contribution in [0.3, 0.4) is 0 Å². The maximum absolute atomic E-state index is 5.89. The lowest BCUT2D eigenvalue weighted by Gasteiger charge is -2.18. The molecule has 1 fully saturated rings. The first-order valence-electron chi connectivity index (χ1n) is 9.74. The summed E-state index contributed by atoms with van der Waals surface area (Å²) in [4.78, 5) is 10.9. The first-order chi connectivity index (χ1) is 14.2. The van der Waals surface area contributed by atoms with Gasteiger partial charge < -0.3 is 15.4 Å². The smallest absolute Gasteiger partial charge is 0.220 e. The van der Waals surface area contributed by atoms with E-state index in [1.54, 1.807) is 13.3 Å². The average molecular weight is 386 g/mol. The van der Waals surface area contributed by atoms with Gasteiger partial charge in [-0.15, -0.1) is 0 Å². The van der Waals surface area contributed by atoms with Crippen molar-refractivity contribution >= 4 is 17.3 Å². The normalized spacial score (nSPS) is 13.9. The number of nitrogens with zero attached hydrogens (tertiary/aromatic N) is 5. The predicted molar refractivity (Wildman–Crippen MR) is 114 cm³/mol. The van der Waals surface area contributed by atoms with Crippen LogP contribution >= 0.6 is 0 Å². The van der Waals surface area contributed by atoms with Crippen LogP contribution < -0.4 is 15.4 Å². The van der Waals surface area contributed by atoms with Crippen molar-refractivity contribution in [3.63, 3.8) is 0 Å². The average Bonchev–Trinajstić information content (AvgIpc) is 3.41. The van der Waals surface area contributed by atoms with E-state index in [9.17, 15) is 0 Å². The number of methoxy groups -OCH3 is 1. The molecule has 5 rings (SSSR count). The van der Waals surface area contributed by atoms with Crippen molar-refractivity contribution in [2.75, 3.05) is 30.8 Å². The van der Waals surface area contributed by atoms with Gasteiger partial charge in [0.05, 0.1) is 23.9 Å². The van der Waals surface area contributed by atoms with Gasteiger partial charge in [0.2, 0.25) is 5.95 Å². The second kappa shape index (κ2) is 7.09. The summed E-state index contributed by atoms with van der Waals surface area (Å²) in [5, 5.41) is 5.02. The van der Waals surface area contributed by atoms with E-state index in [4.69, 9.17) is 15.6 Å². The fraction of sp³-hybridized carbons (Fsp3) is 0.227. The first-order valence-corrected chi connectivity index (χ1v) is 9.74. The number of hydrogen-bond acceptors (Lipinski definition) is 6. The molecule has 0 bridgehead atoms. The Morgan fingerprint density at radius 1 is 1.00 bits per heavy atom. The van der Waals surface area contributed by atoms with Crippen molar-refractivity contribution in [1.82, 2.24) is 19.6 Å². The Bertz CT molecular complexity index is 1160. The third-order valence-electron chi connectivity index (χ3n) is 5.36. The molecular formula is C22H22N6O. The van der Waals surface area contributed by atoms with Crippen molar-refractivity contribution in [1.29, 1.82) is 0 Å². The summed E-state index contributed by atoms with van der Waals surface area (Å²) in [7, 11) is 1.66. The summed E-state index contributed by atoms with van der Waals surface area (Å²) in [6, 6.07) is 16.1. The number of hydrogen-bond donors (Lipinski definition) is 1. The van der Waals surface area contributed by atoms with Crippen LogP contribution in [0.25, 0.3) is 28.0 Å². The molecule has 0 radical (unpaired) electrons. The van der Waals surface area contributed by atoms with Crippen LogP contribution in [0.5, 0.6) is 5.75 Å². The highest BCUT2D eigenvalue weighted by atomic mass is 16.5. The van der Waals surface area contributed by atoms with Crippen LogP contribution in [0, 0.1) is 0 Å². The van der Waals surface area contributed by atoms with Crippen molar-refractivity contribution < 1.29 is 4.74 Å². The fourth-order valence-electron chi connectivity index (χ4n) is 3.96. The molecule has 0 atom stereocenters. The topological polar surface area (TPSA) is 81.6 Å². The summed E-state index contributed by atoms with van der Waals surface area (Å²) in [6.45, 7) is 2.10. The zero-order valence-electron chi connectivity index (χ0n) is 16.2. The second-order valence-electron chi connectivity index (χ2n) is 7.13. The number of rotatable bonds is 4. The largest absolute Gasteiger partial charge is 0.497 e. The monoisotopic (exact) mass is 386 g/mol. The van der Waals surface area contributed by atoms with Crippen molar-refractivity contribution in [3.05, 3.63) is 54.7 Å². The van der Waals surface area contributed by atoms with Gasteiger partial charge in [0.15, 0.2) is 0 Å². The lowest BCUT2D eigenvalue weighted by molar-refractivity contribution is 0.415. The Morgan fingerprint density at radius 3 is 2.52 bits per heavy atom. The standard InChI is InChI=1S/C22H22N6O/c1-29-16-9-7-15(8-10-16)21-20(17-11-12-24-22(23)25-17)18-5-4-6-19(28(18)26-21)27-13-2-3-14-27/h4-12H,2-3,13-14H2,1H3,(H2,23,24,25). The second-order valence-corrected chi connectivity index (χ2v) is 7.13. The molecule has 7 nitrogen and oxygen atoms in total. The molecule has 1 saturated heterocycles. The highest BCUT2D eigenvalue weighted by molar-refractivity contribution is 5.91. The number of benzene rings is 1. The molecule has 0 spiro atoms. The number of fused-ring (bicyclic) bond motifs is 1. The molecule has 4 heterocycles. The van der Waals surface area contributed by atoms with E-state index >= 15 is 0 Å². The van der Waals surface area contributed by atoms with Gasteiger partial charge in [0.1, 0.15) is 17.3 Å². The van der Waals surface area contributed by atoms with Crippen LogP contribution in [-0.2, 0) is 0 Å². The van der Waals surface area contributed by atoms with E-state index in [0.29, 0.717) is 0 Å². The Kier molecular flexibility index (Phi) is 4.27. The molecule has 0 saturated carbocycles. The highest BCUT2D eigenvalue weighted by Crippen LogP contribution is 2.37. The Morgan fingerprint density at radius 2 is 1.79 bits per heavy atom. The molecule has 4 aromatic rings. The molecular weight excluding hydrogens is 364 g/mol. The van der Waals surface area contributed by atoms with E-state index in [1.807, 2.05) is 34.8 Å². The van der Waals surface area contributed by atoms with Gasteiger partial charge in [-0.2, -0.15) is 5.10 Å². The van der Waals surface area contributed by atoms with Crippen LogP contribution in [0.4, 0.5) is 11.8 Å². The van der Waals surface area contributed by atoms with E-state index < -0.39 is 0 Å². The Balaban J connectivity index is 1.77. The molecule has 7 heteroatoms. The minimum atomic E-state index is 0.248. The summed E-state index contributed by atoms with van der Waals surface area (Å²) in [5.41, 5.74) is 10.5. The van der Waals surface area contributed by atoms with Crippen LogP contribution in [0.2, 0.25) is 0 Å². The molecule has 3 aromatic heterocycles. The maximum atomic E-state index is 5.89. The molecule has 0 unspecified atom stereocenters. The molecule has 1 aliphatic heterocycles. The molecule has 1 aromatic carbocycles. The molecule has 0 aliphatic carbocycles. The number of anilines is 2. The quantitative estimate of drug-likeness (QED) is 0.577. The number of nitrogen functional groups attached to an aromatic ring is 1. The number of ether oxygens (including phenoxy) is 1. The summed E-state index contributed by atoms with van der Waals surface area (Å²) in [6.07, 6.45) is 4.10. The number of aromatic nitrogens is 4. The fourth-order valence-corrected chi connectivity index (χ4v) is 3.96. The Hall–Kier alpha value is -3.61. The van der Waals surface area contributed by atoms with Gasteiger partial charge in [-0.25, -0.2) is 14.5 Å². The summed E-state index contributed by atoms with van der Waals surface area (Å²) < 4.78 is 7.34. The Labute approximate surface area is 168 Å². The zero-order valence-corrected chi connectivity index (χ0v) is 16.2. The van der Waals surface area contributed by atoms with Gasteiger partial charge in [-0.05, 0) is 55.3 Å². The van der Waals surface area contributed by atoms with Gasteiger partial charge in [0.25, 0.3) is 0 Å². The summed E-state index contributed by atoms with van der Waals surface area (Å²) in [5.74, 6) is 2.16. The van der Waals surface area contributed by atoms with E-state index in [-0.39, 0.29) is 5.95 Å². The summed E-state index contributed by atoms with van der Waals surface area (Å²) >= 11 is 0. The zero-order chi connectivity index (χ0) is 19.8. The molecule has 0 amide bonds. The third kappa shape index (κ3) is 3.04. The van der Waals surface area contributed by atoms with Crippen molar-refractivity contribution in [3.8, 4) is 28.3 Å². The lowest BCUT2D eigenvalue weighted by Crippen LogP contribution is -2.20. The minimum absolute atomic E-state index is 0.248. The van der Waals surface area contributed by atoms with Gasteiger partial charge in [-0.1, -0.05) is 6.07 Å². The number of nitrogens with two attached hydrogens (primary N) is 1. The van der Waals surface area contributed by atoms with Gasteiger partial charge >= 0.3 is 0 Å². The first kappa shape index (κ1) is 17.5. The predicted octanol–water partition coefficient (Wildman–Crippen LogP) is 3.65. The van der Waals surface area contributed by atoms with Crippen LogP contribution in [0.1, 0.15) is 12.8 Å². The minimum Gasteiger partial charge on any atom is -0.497 e. The van der Waals surface area contributed by atoms with Crippen molar-refractivity contribution in [2.24, 2.45) is 0 Å². The van der Waals surface area contributed by atoms with E-state index in [2.05, 4.69) is 33.1 Å². The van der Waals surface area contributed by atoms with Crippen LogP contribution in [0.15, 0.2) is 54.7 Å². The van der Waals surface area contributed by atoms with Crippen molar-refractivity contribution in [2.45, 2.75) is 12.8 Å². The molecule has 2 N–H and O–H groups in total. The lowest BCUT2D eigenvalue weighted by atomic mass is 10.0. The molecule has 146 valence electrons. The van der Waals surface area contributed by atoms with Gasteiger partial charge in [0, 0.05) is 24.8 Å². The maximum Gasteiger partial charge on any atom is 0.220 e. The van der Waals surface area contributed by atoms with E-state index in [0.717, 1.165) is 52.7 Å². The van der Waals surface area contributed by atoms with Gasteiger partial charge in [-0.3, -0.25) is 0 Å². The number of pyridine rings is 1. The molecule has 1 aliphatic rings. The SMILES string of the molecule is COc1ccc(-c2nn3c(N4CCCC4)cccc3c2-c2ccnc(N)n2)cc1. The van der Waals surface area contributed by atoms with E-state index in [1.165, 1.54) is 12.8 Å². The molecule has 29 heavy (non-hydrogen) atoms. The van der Waals surface area contributed by atoms with Crippen LogP contribution in [-0.4, -0.2) is 39.8 Å². The highest BCUT2D eigenvalue weighted by Gasteiger charge is 2.22.